The summed E-state index contributed by atoms with van der Waals surface area (Å²) in [7, 11) is -2.37. The second kappa shape index (κ2) is 11.6. The molecule has 0 aliphatic heterocycles. The molecule has 0 unspecified atom stereocenters. The predicted octanol–water partition coefficient (Wildman–Crippen LogP) is 3.32. The Morgan fingerprint density at radius 2 is 1.67 bits per heavy atom. The zero-order chi connectivity index (χ0) is 24.8. The van der Waals surface area contributed by atoms with E-state index in [0.717, 1.165) is 10.6 Å². The first-order valence-electron chi connectivity index (χ1n) is 10.1. The van der Waals surface area contributed by atoms with Crippen LogP contribution in [0.1, 0.15) is 19.4 Å². The van der Waals surface area contributed by atoms with Crippen molar-refractivity contribution in [2.45, 2.75) is 26.4 Å². The van der Waals surface area contributed by atoms with Gasteiger partial charge in [0.25, 0.3) is 0 Å². The predicted molar refractivity (Wildman–Crippen MR) is 130 cm³/mol. The number of ether oxygens (including phenoxy) is 1. The van der Waals surface area contributed by atoms with Crippen LogP contribution in [0.15, 0.2) is 42.5 Å². The minimum absolute atomic E-state index is 0.0766. The van der Waals surface area contributed by atoms with Crippen molar-refractivity contribution in [2.24, 2.45) is 0 Å². The van der Waals surface area contributed by atoms with Gasteiger partial charge in [-0.2, -0.15) is 0 Å². The molecule has 2 aromatic rings. The quantitative estimate of drug-likeness (QED) is 0.523. The molecule has 0 bridgehead atoms. The van der Waals surface area contributed by atoms with Crippen molar-refractivity contribution in [2.75, 3.05) is 30.8 Å². The highest BCUT2D eigenvalue weighted by molar-refractivity contribution is 7.92. The third-order valence-electron chi connectivity index (χ3n) is 4.92. The van der Waals surface area contributed by atoms with E-state index in [-0.39, 0.29) is 12.2 Å². The largest absolute Gasteiger partial charge is 0.494 e. The number of nitrogens with one attached hydrogen (secondary N) is 1. The van der Waals surface area contributed by atoms with Gasteiger partial charge in [-0.25, -0.2) is 8.42 Å². The summed E-state index contributed by atoms with van der Waals surface area (Å²) in [5, 5.41) is 3.16. The first-order valence-corrected chi connectivity index (χ1v) is 12.7. The topological polar surface area (TPSA) is 96.0 Å². The maximum absolute atomic E-state index is 13.4. The van der Waals surface area contributed by atoms with Gasteiger partial charge in [0.1, 0.15) is 18.3 Å². The Hall–Kier alpha value is -2.49. The van der Waals surface area contributed by atoms with Crippen molar-refractivity contribution in [1.29, 1.82) is 0 Å². The van der Waals surface area contributed by atoms with Crippen LogP contribution in [-0.4, -0.2) is 57.6 Å². The Labute approximate surface area is 204 Å². The van der Waals surface area contributed by atoms with E-state index in [4.69, 9.17) is 27.9 Å². The van der Waals surface area contributed by atoms with Crippen LogP contribution in [0.4, 0.5) is 5.69 Å². The smallest absolute Gasteiger partial charge is 0.244 e. The molecule has 1 N–H and O–H groups in total. The van der Waals surface area contributed by atoms with E-state index in [1.807, 2.05) is 6.92 Å². The maximum Gasteiger partial charge on any atom is 0.244 e. The molecule has 0 aliphatic carbocycles. The van der Waals surface area contributed by atoms with E-state index in [9.17, 15) is 18.0 Å². The minimum atomic E-state index is -3.82. The summed E-state index contributed by atoms with van der Waals surface area (Å²) in [5.41, 5.74) is 0.745. The Kier molecular flexibility index (Phi) is 9.39. The lowest BCUT2D eigenvalue weighted by Crippen LogP contribution is -2.50. The molecular formula is C22H27Cl2N3O5S. The fourth-order valence-corrected chi connectivity index (χ4v) is 4.50. The molecule has 2 amide bonds. The summed E-state index contributed by atoms with van der Waals surface area (Å²) in [4.78, 5) is 27.0. The molecule has 11 heteroatoms. The normalized spacial score (nSPS) is 12.1. The summed E-state index contributed by atoms with van der Waals surface area (Å²) >= 11 is 12.5. The minimum Gasteiger partial charge on any atom is -0.494 e. The Balaban J connectivity index is 2.41. The van der Waals surface area contributed by atoms with Crippen molar-refractivity contribution in [3.05, 3.63) is 58.1 Å². The van der Waals surface area contributed by atoms with Gasteiger partial charge in [-0.15, -0.1) is 0 Å². The number of anilines is 1. The van der Waals surface area contributed by atoms with Gasteiger partial charge in [0, 0.05) is 29.2 Å². The number of carbonyl (C=O) groups is 2. The van der Waals surface area contributed by atoms with Crippen molar-refractivity contribution in [3.63, 3.8) is 0 Å². The molecule has 33 heavy (non-hydrogen) atoms. The highest BCUT2D eigenvalue weighted by Crippen LogP contribution is 2.27. The van der Waals surface area contributed by atoms with Crippen LogP contribution in [0.2, 0.25) is 10.0 Å². The molecule has 0 aliphatic rings. The van der Waals surface area contributed by atoms with Gasteiger partial charge in [0.15, 0.2) is 0 Å². The Morgan fingerprint density at radius 1 is 1.09 bits per heavy atom. The maximum atomic E-state index is 13.4. The van der Waals surface area contributed by atoms with E-state index >= 15 is 0 Å². The highest BCUT2D eigenvalue weighted by atomic mass is 35.5. The second-order valence-corrected chi connectivity index (χ2v) is 9.93. The van der Waals surface area contributed by atoms with Crippen LogP contribution in [0, 0.1) is 0 Å². The van der Waals surface area contributed by atoms with Crippen LogP contribution < -0.4 is 14.4 Å². The first-order chi connectivity index (χ1) is 15.5. The van der Waals surface area contributed by atoms with Gasteiger partial charge < -0.3 is 15.0 Å². The summed E-state index contributed by atoms with van der Waals surface area (Å²) in [5.74, 6) is -0.441. The zero-order valence-electron chi connectivity index (χ0n) is 18.8. The molecule has 0 spiro atoms. The molecular weight excluding hydrogens is 489 g/mol. The molecule has 2 aromatic carbocycles. The lowest BCUT2D eigenvalue weighted by molar-refractivity contribution is -0.139. The molecule has 8 nitrogen and oxygen atoms in total. The third kappa shape index (κ3) is 6.99. The van der Waals surface area contributed by atoms with Crippen LogP contribution in [0.5, 0.6) is 5.75 Å². The molecule has 180 valence electrons. The molecule has 0 heterocycles. The SMILES string of the molecule is CCOc1ccc(N(CC(=O)N(Cc2c(Cl)cccc2Cl)[C@H](C)C(=O)NC)S(C)(=O)=O)cc1. The van der Waals surface area contributed by atoms with Gasteiger partial charge >= 0.3 is 0 Å². The number of hydrogen-bond donors (Lipinski definition) is 1. The van der Waals surface area contributed by atoms with E-state index in [0.29, 0.717) is 28.0 Å². The van der Waals surface area contributed by atoms with Gasteiger partial charge in [-0.3, -0.25) is 13.9 Å². The number of benzene rings is 2. The second-order valence-electron chi connectivity index (χ2n) is 7.21. The molecule has 1 atom stereocenters. The van der Waals surface area contributed by atoms with E-state index < -0.39 is 34.4 Å². The number of amides is 2. The third-order valence-corrected chi connectivity index (χ3v) is 6.77. The van der Waals surface area contributed by atoms with Crippen LogP contribution in [-0.2, 0) is 26.2 Å². The van der Waals surface area contributed by atoms with Crippen LogP contribution in [0.25, 0.3) is 0 Å². The molecule has 2 rings (SSSR count). The highest BCUT2D eigenvalue weighted by Gasteiger charge is 2.30. The van der Waals surface area contributed by atoms with Crippen molar-refractivity contribution >= 4 is 50.7 Å². The van der Waals surface area contributed by atoms with E-state index in [1.165, 1.54) is 11.9 Å². The van der Waals surface area contributed by atoms with Crippen molar-refractivity contribution < 1.29 is 22.7 Å². The van der Waals surface area contributed by atoms with Gasteiger partial charge in [-0.1, -0.05) is 29.3 Å². The summed E-state index contributed by atoms with van der Waals surface area (Å²) in [6.07, 6.45) is 1.01. The Bertz CT molecular complexity index is 1070. The van der Waals surface area contributed by atoms with Gasteiger partial charge in [0.2, 0.25) is 21.8 Å². The molecule has 0 aromatic heterocycles. The van der Waals surface area contributed by atoms with Crippen LogP contribution in [0.3, 0.4) is 0 Å². The molecule has 0 saturated carbocycles. The number of hydrogen-bond acceptors (Lipinski definition) is 5. The number of sulfonamides is 1. The average molecular weight is 516 g/mol. The first kappa shape index (κ1) is 26.8. The number of rotatable bonds is 10. The van der Waals surface area contributed by atoms with Crippen molar-refractivity contribution in [1.82, 2.24) is 10.2 Å². The number of halogens is 2. The van der Waals surface area contributed by atoms with Crippen molar-refractivity contribution in [3.8, 4) is 5.75 Å². The van der Waals surface area contributed by atoms with Crippen LogP contribution >= 0.6 is 23.2 Å². The zero-order valence-corrected chi connectivity index (χ0v) is 21.2. The van der Waals surface area contributed by atoms with Gasteiger partial charge in [0.05, 0.1) is 18.6 Å². The standard InChI is InChI=1S/C22H27Cl2N3O5S/c1-5-32-17-11-9-16(10-12-17)27(33(4,30)31)14-21(28)26(15(2)22(29)25-3)13-18-19(23)7-6-8-20(18)24/h6-12,15H,5,13-14H2,1-4H3,(H,25,29)/t15-/m1/s1. The summed E-state index contributed by atoms with van der Waals surface area (Å²) in [6.45, 7) is 3.25. The average Bonchev–Trinajstić information content (AvgIpc) is 2.76. The molecule has 0 saturated heterocycles. The fraction of sp³-hybridized carbons (Fsp3) is 0.364. The fourth-order valence-electron chi connectivity index (χ4n) is 3.13. The summed E-state index contributed by atoms with van der Waals surface area (Å²) in [6, 6.07) is 10.4. The van der Waals surface area contributed by atoms with E-state index in [2.05, 4.69) is 5.32 Å². The monoisotopic (exact) mass is 515 g/mol. The molecule has 0 radical (unpaired) electrons. The van der Waals surface area contributed by atoms with Gasteiger partial charge in [-0.05, 0) is 50.2 Å². The van der Waals surface area contributed by atoms with E-state index in [1.54, 1.807) is 49.4 Å². The lowest BCUT2D eigenvalue weighted by Gasteiger charge is -2.31. The lowest BCUT2D eigenvalue weighted by atomic mass is 10.1. The number of carbonyl (C=O) groups excluding carboxylic acids is 2. The number of nitrogens with zero attached hydrogens (tertiary/aromatic N) is 2. The summed E-state index contributed by atoms with van der Waals surface area (Å²) < 4.78 is 31.4. The Morgan fingerprint density at radius 3 is 2.15 bits per heavy atom. The molecule has 0 fully saturated rings. The number of likely N-dealkylation sites (N-methyl/N-ethyl adjacent to an activating group) is 1.